The van der Waals surface area contributed by atoms with E-state index in [0.29, 0.717) is 34.5 Å². The topological polar surface area (TPSA) is 103 Å². The zero-order chi connectivity index (χ0) is 37.0. The fraction of sp³-hybridized carbons (Fsp3) is 0.205. The number of alkyl halides is 3. The summed E-state index contributed by atoms with van der Waals surface area (Å²) in [6.45, 7) is 4.06. The zero-order valence-electron chi connectivity index (χ0n) is 27.6. The van der Waals surface area contributed by atoms with Crippen LogP contribution in [-0.2, 0) is 28.6 Å². The lowest BCUT2D eigenvalue weighted by Gasteiger charge is -2.36. The molecule has 4 aromatic carbocycles. The van der Waals surface area contributed by atoms with Gasteiger partial charge in [0.25, 0.3) is 0 Å². The van der Waals surface area contributed by atoms with Crippen molar-refractivity contribution in [1.29, 1.82) is 0 Å². The Labute approximate surface area is 300 Å². The van der Waals surface area contributed by atoms with E-state index >= 15 is 0 Å². The zero-order valence-corrected chi connectivity index (χ0v) is 28.3. The molecule has 2 heterocycles. The lowest BCUT2D eigenvalue weighted by atomic mass is 9.92. The number of nitrogens with one attached hydrogen (secondary N) is 1. The summed E-state index contributed by atoms with van der Waals surface area (Å²) in [5.74, 6) is -3.28. The van der Waals surface area contributed by atoms with Crippen LogP contribution in [0.2, 0.25) is 5.02 Å². The number of hydrogen-bond acceptors (Lipinski definition) is 6. The predicted molar refractivity (Wildman–Crippen MR) is 192 cm³/mol. The number of para-hydroxylation sites is 1. The monoisotopic (exact) mass is 733 g/mol. The van der Waals surface area contributed by atoms with Crippen LogP contribution in [0.1, 0.15) is 22.3 Å². The highest BCUT2D eigenvalue weighted by atomic mass is 35.5. The van der Waals surface area contributed by atoms with Crippen LogP contribution in [0.15, 0.2) is 100 Å². The fourth-order valence-electron chi connectivity index (χ4n) is 6.31. The van der Waals surface area contributed by atoms with Crippen LogP contribution < -0.4 is 15.8 Å². The number of carboxylic acids is 1. The van der Waals surface area contributed by atoms with E-state index in [1.54, 1.807) is 30.3 Å². The maximum Gasteiger partial charge on any atom is 0.418 e. The molecule has 5 aromatic rings. The Morgan fingerprint density at radius 1 is 0.942 bits per heavy atom. The Morgan fingerprint density at radius 3 is 2.40 bits per heavy atom. The third kappa shape index (κ3) is 8.52. The van der Waals surface area contributed by atoms with Gasteiger partial charge in [-0.05, 0) is 71.7 Å². The Bertz CT molecular complexity index is 2210. The number of amides is 1. The van der Waals surface area contributed by atoms with Gasteiger partial charge in [-0.1, -0.05) is 48.0 Å². The van der Waals surface area contributed by atoms with Gasteiger partial charge < -0.3 is 19.7 Å². The Kier molecular flexibility index (Phi) is 10.8. The van der Waals surface area contributed by atoms with Gasteiger partial charge in [0.2, 0.25) is 5.91 Å². The second-order valence-electron chi connectivity index (χ2n) is 12.3. The molecule has 1 amide bonds. The summed E-state index contributed by atoms with van der Waals surface area (Å²) in [4.78, 5) is 42.7. The minimum Gasteiger partial charge on any atom is -0.478 e. The minimum atomic E-state index is -4.97. The van der Waals surface area contributed by atoms with Crippen molar-refractivity contribution in [1.82, 2.24) is 4.90 Å². The van der Waals surface area contributed by atoms with Crippen molar-refractivity contribution in [3.05, 3.63) is 135 Å². The molecular formula is C39H32ClF4N3O5. The average molecular weight is 734 g/mol. The SMILES string of the molecule is O=C(O)/C=C/c1cccc(-c2c(CC(=O)Nc3ccc(F)cc3C(F)(F)F)c(=O)oc3cc(Cl)c(CCN4CCN(c5ccccc5)CC4)cc23)c1. The summed E-state index contributed by atoms with van der Waals surface area (Å²) in [7, 11) is 0. The second-order valence-corrected chi connectivity index (χ2v) is 12.7. The molecule has 268 valence electrons. The smallest absolute Gasteiger partial charge is 0.418 e. The van der Waals surface area contributed by atoms with Gasteiger partial charge in [0.1, 0.15) is 11.4 Å². The van der Waals surface area contributed by atoms with Crippen molar-refractivity contribution in [3.8, 4) is 11.1 Å². The molecule has 1 aromatic heterocycles. The number of carboxylic acid groups (broad SMARTS) is 1. The second kappa shape index (κ2) is 15.4. The van der Waals surface area contributed by atoms with Crippen molar-refractivity contribution in [2.45, 2.75) is 19.0 Å². The van der Waals surface area contributed by atoms with Crippen molar-refractivity contribution in [2.24, 2.45) is 0 Å². The highest BCUT2D eigenvalue weighted by molar-refractivity contribution is 6.32. The van der Waals surface area contributed by atoms with Gasteiger partial charge in [-0.25, -0.2) is 14.0 Å². The van der Waals surface area contributed by atoms with Crippen molar-refractivity contribution in [2.75, 3.05) is 42.9 Å². The molecule has 1 aliphatic heterocycles. The van der Waals surface area contributed by atoms with Crippen LogP contribution in [0.3, 0.4) is 0 Å². The van der Waals surface area contributed by atoms with Crippen LogP contribution in [-0.4, -0.2) is 54.6 Å². The number of hydrogen-bond donors (Lipinski definition) is 2. The summed E-state index contributed by atoms with van der Waals surface area (Å²) in [6, 6.07) is 21.9. The van der Waals surface area contributed by atoms with Gasteiger partial charge in [0, 0.05) is 66.5 Å². The van der Waals surface area contributed by atoms with E-state index in [1.165, 1.54) is 17.8 Å². The lowest BCUT2D eigenvalue weighted by Crippen LogP contribution is -2.47. The summed E-state index contributed by atoms with van der Waals surface area (Å²) in [5.41, 5.74) is 0.0841. The number of carbonyl (C=O) groups excluding carboxylic acids is 1. The first-order valence-corrected chi connectivity index (χ1v) is 16.7. The molecule has 52 heavy (non-hydrogen) atoms. The highest BCUT2D eigenvalue weighted by Crippen LogP contribution is 2.37. The van der Waals surface area contributed by atoms with Crippen LogP contribution in [0.25, 0.3) is 28.2 Å². The van der Waals surface area contributed by atoms with Crippen LogP contribution in [0.5, 0.6) is 0 Å². The molecule has 1 fully saturated rings. The Morgan fingerprint density at radius 2 is 1.69 bits per heavy atom. The lowest BCUT2D eigenvalue weighted by molar-refractivity contribution is -0.137. The number of anilines is 2. The summed E-state index contributed by atoms with van der Waals surface area (Å²) in [5, 5.41) is 12.1. The van der Waals surface area contributed by atoms with Gasteiger partial charge in [0.15, 0.2) is 0 Å². The van der Waals surface area contributed by atoms with Crippen LogP contribution in [0, 0.1) is 5.82 Å². The molecule has 0 unspecified atom stereocenters. The van der Waals surface area contributed by atoms with Crippen molar-refractivity contribution < 1.29 is 36.7 Å². The Balaban J connectivity index is 1.35. The fourth-order valence-corrected chi connectivity index (χ4v) is 6.56. The Hall–Kier alpha value is -5.46. The predicted octanol–water partition coefficient (Wildman–Crippen LogP) is 7.92. The minimum absolute atomic E-state index is 0.124. The number of halogens is 5. The van der Waals surface area contributed by atoms with Crippen molar-refractivity contribution in [3.63, 3.8) is 0 Å². The molecule has 0 atom stereocenters. The van der Waals surface area contributed by atoms with Crippen molar-refractivity contribution >= 4 is 51.9 Å². The molecule has 2 N–H and O–H groups in total. The molecular weight excluding hydrogens is 702 g/mol. The molecule has 13 heteroatoms. The van der Waals surface area contributed by atoms with E-state index in [9.17, 15) is 31.9 Å². The highest BCUT2D eigenvalue weighted by Gasteiger charge is 2.34. The van der Waals surface area contributed by atoms with E-state index in [4.69, 9.17) is 21.1 Å². The summed E-state index contributed by atoms with van der Waals surface area (Å²) >= 11 is 6.71. The number of carbonyl (C=O) groups is 2. The molecule has 0 bridgehead atoms. The summed E-state index contributed by atoms with van der Waals surface area (Å²) < 4.78 is 60.4. The van der Waals surface area contributed by atoms with Gasteiger partial charge in [0.05, 0.1) is 23.2 Å². The van der Waals surface area contributed by atoms with Crippen LogP contribution >= 0.6 is 11.6 Å². The molecule has 0 radical (unpaired) electrons. The maximum absolute atomic E-state index is 13.7. The van der Waals surface area contributed by atoms with E-state index in [-0.39, 0.29) is 22.8 Å². The molecule has 6 rings (SSSR count). The van der Waals surface area contributed by atoms with Gasteiger partial charge in [-0.2, -0.15) is 13.2 Å². The van der Waals surface area contributed by atoms with E-state index in [1.807, 2.05) is 18.2 Å². The van der Waals surface area contributed by atoms with E-state index < -0.39 is 47.2 Å². The van der Waals surface area contributed by atoms with Gasteiger partial charge in [-0.3, -0.25) is 9.69 Å². The normalized spacial score (nSPS) is 13.9. The van der Waals surface area contributed by atoms with E-state index in [2.05, 4.69) is 27.2 Å². The molecule has 0 spiro atoms. The standard InChI is InChI=1S/C39H32ClF4N3O5/c40-32-23-34-29(20-25(32)13-14-46-15-17-47(18-16-46)28-7-2-1-3-8-28)37(26-6-4-5-24(19-26)9-12-36(49)50)30(38(51)52-34)22-35(48)45-33-11-10-27(41)21-31(33)39(42,43)44/h1-12,19-21,23H,13-18,22H2,(H,45,48)(H,49,50)/b12-9+. The molecule has 0 aliphatic carbocycles. The third-order valence-electron chi connectivity index (χ3n) is 8.85. The number of rotatable bonds is 10. The largest absolute Gasteiger partial charge is 0.478 e. The maximum atomic E-state index is 13.7. The van der Waals surface area contributed by atoms with Gasteiger partial charge in [-0.15, -0.1) is 0 Å². The molecule has 0 saturated carbocycles. The third-order valence-corrected chi connectivity index (χ3v) is 9.20. The average Bonchev–Trinajstić information content (AvgIpc) is 3.11. The number of fused-ring (bicyclic) bond motifs is 1. The first-order valence-electron chi connectivity index (χ1n) is 16.3. The van der Waals surface area contributed by atoms with E-state index in [0.717, 1.165) is 50.0 Å². The van der Waals surface area contributed by atoms with Crippen LogP contribution in [0.4, 0.5) is 28.9 Å². The van der Waals surface area contributed by atoms with Gasteiger partial charge >= 0.3 is 17.8 Å². The molecule has 1 aliphatic rings. The first-order chi connectivity index (χ1) is 24.9. The quantitative estimate of drug-likeness (QED) is 0.0855. The number of nitrogens with zero attached hydrogens (tertiary/aromatic N) is 2. The molecule has 8 nitrogen and oxygen atoms in total. The summed E-state index contributed by atoms with van der Waals surface area (Å²) in [6.07, 6.45) is -2.81. The number of benzene rings is 4. The number of piperazine rings is 1. The molecule has 1 saturated heterocycles. The first kappa shape index (κ1) is 36.3. The number of aliphatic carboxylic acids is 1.